The van der Waals surface area contributed by atoms with Crippen molar-refractivity contribution in [3.05, 3.63) is 27.3 Å². The maximum absolute atomic E-state index is 12.0. The topological polar surface area (TPSA) is 57.6 Å². The number of hydrogen-bond donors (Lipinski definition) is 1. The molecule has 1 fully saturated rings. The summed E-state index contributed by atoms with van der Waals surface area (Å²) in [5.74, 6) is -1.15. The second kappa shape index (κ2) is 5.64. The van der Waals surface area contributed by atoms with Crippen molar-refractivity contribution in [2.75, 3.05) is 6.54 Å². The van der Waals surface area contributed by atoms with Crippen molar-refractivity contribution in [1.82, 2.24) is 4.90 Å². The number of hydrogen-bond acceptors (Lipinski definition) is 5. The van der Waals surface area contributed by atoms with E-state index in [0.717, 1.165) is 5.56 Å². The highest BCUT2D eigenvalue weighted by molar-refractivity contribution is 8.26. The molecule has 7 heteroatoms. The van der Waals surface area contributed by atoms with Gasteiger partial charge < -0.3 is 5.11 Å². The molecule has 0 unspecified atom stereocenters. The molecule has 1 aromatic rings. The van der Waals surface area contributed by atoms with Gasteiger partial charge in [0.2, 0.25) is 0 Å². The van der Waals surface area contributed by atoms with E-state index in [1.807, 2.05) is 16.8 Å². The predicted molar refractivity (Wildman–Crippen MR) is 76.5 cm³/mol. The first kappa shape index (κ1) is 13.3. The molecule has 1 aliphatic rings. The summed E-state index contributed by atoms with van der Waals surface area (Å²) < 4.78 is 0.419. The Morgan fingerprint density at radius 1 is 1.56 bits per heavy atom. The Labute approximate surface area is 117 Å². The van der Waals surface area contributed by atoms with Crippen LogP contribution in [0.4, 0.5) is 0 Å². The Bertz CT molecular complexity index is 522. The van der Waals surface area contributed by atoms with E-state index in [1.165, 1.54) is 16.7 Å². The maximum atomic E-state index is 12.0. The molecule has 18 heavy (non-hydrogen) atoms. The molecule has 0 radical (unpaired) electrons. The molecule has 4 nitrogen and oxygen atoms in total. The van der Waals surface area contributed by atoms with Gasteiger partial charge in [0.25, 0.3) is 5.91 Å². The van der Waals surface area contributed by atoms with E-state index in [4.69, 9.17) is 17.3 Å². The number of carbonyl (C=O) groups excluding carboxylic acids is 1. The zero-order valence-electron chi connectivity index (χ0n) is 9.16. The van der Waals surface area contributed by atoms with Crippen molar-refractivity contribution >= 4 is 57.6 Å². The Balaban J connectivity index is 2.11. The lowest BCUT2D eigenvalue weighted by atomic mass is 10.3. The molecule has 0 saturated carbocycles. The summed E-state index contributed by atoms with van der Waals surface area (Å²) in [5, 5.41) is 12.5. The number of carboxylic acid groups (broad SMARTS) is 1. The molecule has 0 aromatic carbocycles. The minimum atomic E-state index is -0.939. The molecule has 1 saturated heterocycles. The van der Waals surface area contributed by atoms with Crippen LogP contribution in [0.1, 0.15) is 12.0 Å². The molecule has 0 bridgehead atoms. The second-order valence-electron chi connectivity index (χ2n) is 3.53. The van der Waals surface area contributed by atoms with Gasteiger partial charge in [-0.2, -0.15) is 11.3 Å². The fourth-order valence-corrected chi connectivity index (χ4v) is 3.34. The fraction of sp³-hybridized carbons (Fsp3) is 0.182. The number of thioether (sulfide) groups is 1. The third-order valence-electron chi connectivity index (χ3n) is 2.26. The van der Waals surface area contributed by atoms with E-state index in [1.54, 1.807) is 17.4 Å². The molecule has 2 rings (SSSR count). The van der Waals surface area contributed by atoms with Crippen LogP contribution in [-0.2, 0) is 9.59 Å². The van der Waals surface area contributed by atoms with Crippen molar-refractivity contribution in [3.8, 4) is 0 Å². The zero-order valence-corrected chi connectivity index (χ0v) is 11.6. The maximum Gasteiger partial charge on any atom is 0.305 e. The van der Waals surface area contributed by atoms with Gasteiger partial charge >= 0.3 is 5.97 Å². The van der Waals surface area contributed by atoms with Crippen LogP contribution in [0.2, 0.25) is 0 Å². The quantitative estimate of drug-likeness (QED) is 0.683. The van der Waals surface area contributed by atoms with Crippen LogP contribution in [0.5, 0.6) is 0 Å². The average molecular weight is 299 g/mol. The van der Waals surface area contributed by atoms with Crippen molar-refractivity contribution in [2.45, 2.75) is 6.42 Å². The summed E-state index contributed by atoms with van der Waals surface area (Å²) in [6.45, 7) is 0.126. The Hall–Kier alpha value is -1.18. The van der Waals surface area contributed by atoms with Crippen molar-refractivity contribution in [2.24, 2.45) is 0 Å². The van der Waals surface area contributed by atoms with Gasteiger partial charge in [-0.1, -0.05) is 24.0 Å². The highest BCUT2D eigenvalue weighted by atomic mass is 32.2. The van der Waals surface area contributed by atoms with Crippen LogP contribution in [-0.4, -0.2) is 32.7 Å². The van der Waals surface area contributed by atoms with Crippen LogP contribution in [0, 0.1) is 0 Å². The minimum absolute atomic E-state index is 0.0990. The molecule has 1 aromatic heterocycles. The Morgan fingerprint density at radius 3 is 2.94 bits per heavy atom. The number of thiophene rings is 1. The Kier molecular flexibility index (Phi) is 4.15. The molecule has 0 spiro atoms. The van der Waals surface area contributed by atoms with Gasteiger partial charge in [-0.05, 0) is 28.5 Å². The van der Waals surface area contributed by atoms with Gasteiger partial charge in [0.05, 0.1) is 11.3 Å². The first-order valence-corrected chi connectivity index (χ1v) is 7.24. The van der Waals surface area contributed by atoms with Gasteiger partial charge in [-0.15, -0.1) is 0 Å². The fourth-order valence-electron chi connectivity index (χ4n) is 1.41. The number of nitrogens with zero attached hydrogens (tertiary/aromatic N) is 1. The van der Waals surface area contributed by atoms with Gasteiger partial charge in [0.1, 0.15) is 4.32 Å². The van der Waals surface area contributed by atoms with E-state index in [9.17, 15) is 9.59 Å². The van der Waals surface area contributed by atoms with Gasteiger partial charge in [0.15, 0.2) is 0 Å². The van der Waals surface area contributed by atoms with Gasteiger partial charge in [0, 0.05) is 6.54 Å². The molecular weight excluding hydrogens is 290 g/mol. The number of amides is 1. The van der Waals surface area contributed by atoms with Crippen LogP contribution < -0.4 is 0 Å². The van der Waals surface area contributed by atoms with E-state index < -0.39 is 5.97 Å². The summed E-state index contributed by atoms with van der Waals surface area (Å²) >= 11 is 7.84. The number of carbonyl (C=O) groups is 2. The highest BCUT2D eigenvalue weighted by Gasteiger charge is 2.31. The predicted octanol–water partition coefficient (Wildman–Crippen LogP) is 2.42. The lowest BCUT2D eigenvalue weighted by molar-refractivity contribution is -0.137. The van der Waals surface area contributed by atoms with E-state index in [2.05, 4.69) is 0 Å². The summed E-state index contributed by atoms with van der Waals surface area (Å²) in [5.41, 5.74) is 0.957. The first-order chi connectivity index (χ1) is 8.58. The first-order valence-electron chi connectivity index (χ1n) is 5.07. The normalized spacial score (nSPS) is 17.8. The van der Waals surface area contributed by atoms with Crippen LogP contribution >= 0.6 is 35.3 Å². The van der Waals surface area contributed by atoms with Crippen molar-refractivity contribution in [3.63, 3.8) is 0 Å². The van der Waals surface area contributed by atoms with E-state index >= 15 is 0 Å². The van der Waals surface area contributed by atoms with Crippen LogP contribution in [0.15, 0.2) is 21.7 Å². The number of aliphatic carboxylic acids is 1. The molecule has 1 aliphatic heterocycles. The summed E-state index contributed by atoms with van der Waals surface area (Å²) in [6, 6.07) is 1.91. The SMILES string of the molecule is O=C(O)CCN1C(=O)/C(=C/c2ccsc2)SC1=S. The lowest BCUT2D eigenvalue weighted by Gasteiger charge is -2.12. The molecule has 0 atom stereocenters. The number of rotatable bonds is 4. The molecular formula is C11H9NO3S3. The van der Waals surface area contributed by atoms with Gasteiger partial charge in [-0.25, -0.2) is 0 Å². The molecule has 1 N–H and O–H groups in total. The van der Waals surface area contributed by atoms with Crippen molar-refractivity contribution < 1.29 is 14.7 Å². The smallest absolute Gasteiger partial charge is 0.305 e. The highest BCUT2D eigenvalue weighted by Crippen LogP contribution is 2.32. The summed E-state index contributed by atoms with van der Waals surface area (Å²) in [6.07, 6.45) is 1.68. The van der Waals surface area contributed by atoms with Gasteiger partial charge in [-0.3, -0.25) is 14.5 Å². The molecule has 94 valence electrons. The number of carboxylic acids is 1. The summed E-state index contributed by atoms with van der Waals surface area (Å²) in [4.78, 5) is 24.4. The molecule has 2 heterocycles. The average Bonchev–Trinajstić information content (AvgIpc) is 2.88. The van der Waals surface area contributed by atoms with E-state index in [-0.39, 0.29) is 18.9 Å². The third kappa shape index (κ3) is 2.98. The molecule has 1 amide bonds. The largest absolute Gasteiger partial charge is 0.481 e. The standard InChI is InChI=1S/C11H9NO3S3/c13-9(14)1-3-12-10(15)8(18-11(12)16)5-7-2-4-17-6-7/h2,4-6H,1,3H2,(H,13,14)/b8-5-. The van der Waals surface area contributed by atoms with Crippen LogP contribution in [0.25, 0.3) is 6.08 Å². The minimum Gasteiger partial charge on any atom is -0.481 e. The summed E-state index contributed by atoms with van der Waals surface area (Å²) in [7, 11) is 0. The zero-order chi connectivity index (χ0) is 13.1. The number of thiocarbonyl (C=S) groups is 1. The second-order valence-corrected chi connectivity index (χ2v) is 5.99. The van der Waals surface area contributed by atoms with E-state index in [0.29, 0.717) is 9.23 Å². The monoisotopic (exact) mass is 299 g/mol. The molecule has 0 aliphatic carbocycles. The lowest BCUT2D eigenvalue weighted by Crippen LogP contribution is -2.30. The van der Waals surface area contributed by atoms with Crippen molar-refractivity contribution in [1.29, 1.82) is 0 Å². The third-order valence-corrected chi connectivity index (χ3v) is 4.34. The van der Waals surface area contributed by atoms with Crippen LogP contribution in [0.3, 0.4) is 0 Å². The Morgan fingerprint density at radius 2 is 2.33 bits per heavy atom.